The van der Waals surface area contributed by atoms with E-state index in [9.17, 15) is 9.59 Å². The molecule has 0 aliphatic carbocycles. The van der Waals surface area contributed by atoms with Crippen LogP contribution in [-0.2, 0) is 4.79 Å². The van der Waals surface area contributed by atoms with Crippen LogP contribution in [-0.4, -0.2) is 39.0 Å². The van der Waals surface area contributed by atoms with Crippen molar-refractivity contribution in [2.24, 2.45) is 5.73 Å². The van der Waals surface area contributed by atoms with Gasteiger partial charge in [-0.3, -0.25) is 9.36 Å². The van der Waals surface area contributed by atoms with Crippen molar-refractivity contribution < 1.29 is 4.79 Å². The van der Waals surface area contributed by atoms with Gasteiger partial charge in [0.1, 0.15) is 0 Å². The highest BCUT2D eigenvalue weighted by atomic mass is 32.2. The van der Waals surface area contributed by atoms with Gasteiger partial charge in [-0.25, -0.2) is 9.89 Å². The molecule has 1 atom stereocenters. The lowest BCUT2D eigenvalue weighted by molar-refractivity contribution is -0.123. The predicted octanol–water partition coefficient (Wildman–Crippen LogP) is 0.0979. The molecule has 0 bridgehead atoms. The molecule has 0 saturated heterocycles. The van der Waals surface area contributed by atoms with Crippen molar-refractivity contribution in [1.29, 1.82) is 0 Å². The van der Waals surface area contributed by atoms with Crippen LogP contribution in [0.4, 0.5) is 0 Å². The average Bonchev–Trinajstić information content (AvgIpc) is 2.70. The van der Waals surface area contributed by atoms with Gasteiger partial charge in [-0.05, 0) is 34.2 Å². The lowest BCUT2D eigenvalue weighted by Crippen LogP contribution is -2.51. The molecular formula is C11H21N5O2S. The number of nitrogens with two attached hydrogens (primary N) is 1. The Hall–Kier alpha value is -1.28. The van der Waals surface area contributed by atoms with E-state index in [0.29, 0.717) is 17.3 Å². The fourth-order valence-corrected chi connectivity index (χ4v) is 2.80. The Labute approximate surface area is 116 Å². The second-order valence-corrected chi connectivity index (χ2v) is 5.88. The first-order valence-corrected chi connectivity index (χ1v) is 7.09. The number of aromatic amines is 1. The van der Waals surface area contributed by atoms with Crippen molar-refractivity contribution in [2.75, 3.05) is 12.8 Å². The number of nitrogens with one attached hydrogen (secondary N) is 2. The summed E-state index contributed by atoms with van der Waals surface area (Å²) in [4.78, 5) is 22.9. The van der Waals surface area contributed by atoms with Gasteiger partial charge in [-0.15, -0.1) is 5.10 Å². The van der Waals surface area contributed by atoms with Gasteiger partial charge in [0.05, 0.1) is 5.54 Å². The summed E-state index contributed by atoms with van der Waals surface area (Å²) in [5.74, 6) is 0.246. The highest BCUT2D eigenvalue weighted by Crippen LogP contribution is 2.20. The minimum atomic E-state index is -0.744. The number of H-pyrrole nitrogens is 1. The smallest absolute Gasteiger partial charge is 0.344 e. The zero-order chi connectivity index (χ0) is 14.6. The van der Waals surface area contributed by atoms with Crippen molar-refractivity contribution in [1.82, 2.24) is 20.1 Å². The van der Waals surface area contributed by atoms with Crippen LogP contribution in [0, 0.1) is 0 Å². The molecule has 1 unspecified atom stereocenters. The molecule has 0 radical (unpaired) electrons. The number of nitrogens with zero attached hydrogens (tertiary/aromatic N) is 2. The quantitative estimate of drug-likeness (QED) is 0.617. The Kier molecular flexibility index (Phi) is 5.19. The van der Waals surface area contributed by atoms with E-state index in [1.807, 2.05) is 13.8 Å². The number of rotatable bonds is 7. The van der Waals surface area contributed by atoms with E-state index >= 15 is 0 Å². The summed E-state index contributed by atoms with van der Waals surface area (Å²) in [7, 11) is 1.70. The van der Waals surface area contributed by atoms with E-state index < -0.39 is 5.54 Å². The summed E-state index contributed by atoms with van der Waals surface area (Å²) in [5, 5.41) is 9.96. The van der Waals surface area contributed by atoms with Gasteiger partial charge in [0, 0.05) is 11.8 Å². The largest absolute Gasteiger partial charge is 0.368 e. The molecule has 1 heterocycles. The molecule has 0 aromatic carbocycles. The van der Waals surface area contributed by atoms with Crippen LogP contribution in [0.15, 0.2) is 9.95 Å². The van der Waals surface area contributed by atoms with E-state index in [0.717, 1.165) is 0 Å². The number of amides is 1. The molecule has 0 aliphatic heterocycles. The number of thioether (sulfide) groups is 1. The topological polar surface area (TPSA) is 106 Å². The van der Waals surface area contributed by atoms with Crippen molar-refractivity contribution >= 4 is 17.7 Å². The minimum Gasteiger partial charge on any atom is -0.368 e. The highest BCUT2D eigenvalue weighted by molar-refractivity contribution is 7.99. The van der Waals surface area contributed by atoms with Crippen molar-refractivity contribution in [3.05, 3.63) is 10.5 Å². The third-order valence-electron chi connectivity index (χ3n) is 3.12. The third-order valence-corrected chi connectivity index (χ3v) is 4.07. The summed E-state index contributed by atoms with van der Waals surface area (Å²) in [6.07, 6.45) is 0.558. The van der Waals surface area contributed by atoms with Crippen LogP contribution < -0.4 is 16.7 Å². The monoisotopic (exact) mass is 287 g/mol. The van der Waals surface area contributed by atoms with Gasteiger partial charge >= 0.3 is 5.69 Å². The molecule has 0 fully saturated rings. The van der Waals surface area contributed by atoms with Crippen LogP contribution in [0.2, 0.25) is 0 Å². The molecular weight excluding hydrogens is 266 g/mol. The number of likely N-dealkylation sites (N-methyl/N-ethyl adjacent to an activating group) is 1. The first-order chi connectivity index (χ1) is 8.81. The van der Waals surface area contributed by atoms with Crippen LogP contribution in [0.3, 0.4) is 0 Å². The van der Waals surface area contributed by atoms with Crippen molar-refractivity contribution in [3.8, 4) is 0 Å². The molecule has 1 aromatic rings. The summed E-state index contributed by atoms with van der Waals surface area (Å²) < 4.78 is 1.59. The first kappa shape index (κ1) is 15.8. The molecule has 8 heteroatoms. The van der Waals surface area contributed by atoms with Gasteiger partial charge in [0.15, 0.2) is 5.16 Å². The summed E-state index contributed by atoms with van der Waals surface area (Å²) in [6, 6.07) is 0.0422. The summed E-state index contributed by atoms with van der Waals surface area (Å²) >= 11 is 1.43. The summed E-state index contributed by atoms with van der Waals surface area (Å²) in [5.41, 5.74) is 4.39. The highest BCUT2D eigenvalue weighted by Gasteiger charge is 2.28. The van der Waals surface area contributed by atoms with Gasteiger partial charge in [0.25, 0.3) is 0 Å². The Balaban J connectivity index is 2.69. The van der Waals surface area contributed by atoms with Gasteiger partial charge < -0.3 is 11.1 Å². The lowest BCUT2D eigenvalue weighted by Gasteiger charge is -2.24. The van der Waals surface area contributed by atoms with E-state index in [2.05, 4.69) is 15.5 Å². The number of hydrogen-bond donors (Lipinski definition) is 3. The van der Waals surface area contributed by atoms with Crippen molar-refractivity contribution in [2.45, 2.75) is 43.9 Å². The van der Waals surface area contributed by atoms with E-state index in [4.69, 9.17) is 5.73 Å². The molecule has 1 aromatic heterocycles. The lowest BCUT2D eigenvalue weighted by atomic mass is 9.99. The fourth-order valence-electron chi connectivity index (χ4n) is 1.57. The molecule has 1 amide bonds. The van der Waals surface area contributed by atoms with Crippen LogP contribution in [0.5, 0.6) is 0 Å². The molecule has 4 N–H and O–H groups in total. The first-order valence-electron chi connectivity index (χ1n) is 6.10. The van der Waals surface area contributed by atoms with Crippen LogP contribution in [0.1, 0.15) is 33.2 Å². The standard InChI is InChI=1S/C11H21N5O2S/c1-7(2)16-9(18)14-15-10(16)19-6-5-11(3,13-4)8(12)17/h7,13H,5-6H2,1-4H3,(H2,12,17)(H,14,18). The molecule has 0 saturated carbocycles. The van der Waals surface area contributed by atoms with Crippen LogP contribution in [0.25, 0.3) is 0 Å². The Bertz CT molecular complexity index is 496. The Morgan fingerprint density at radius 3 is 2.74 bits per heavy atom. The number of carbonyl (C=O) groups is 1. The van der Waals surface area contributed by atoms with Gasteiger partial charge in [-0.2, -0.15) is 0 Å². The maximum atomic E-state index is 11.6. The second-order valence-electron chi connectivity index (χ2n) is 4.82. The molecule has 0 aliphatic rings. The van der Waals surface area contributed by atoms with E-state index in [-0.39, 0.29) is 17.6 Å². The zero-order valence-corrected chi connectivity index (χ0v) is 12.5. The normalized spacial score (nSPS) is 14.6. The number of carbonyl (C=O) groups excluding carboxylic acids is 1. The number of hydrogen-bond acceptors (Lipinski definition) is 5. The Morgan fingerprint density at radius 1 is 1.63 bits per heavy atom. The maximum absolute atomic E-state index is 11.6. The maximum Gasteiger partial charge on any atom is 0.344 e. The number of aromatic nitrogens is 3. The van der Waals surface area contributed by atoms with Gasteiger partial charge in [-0.1, -0.05) is 11.8 Å². The predicted molar refractivity (Wildman–Crippen MR) is 75.2 cm³/mol. The van der Waals surface area contributed by atoms with E-state index in [1.54, 1.807) is 18.5 Å². The fraction of sp³-hybridized carbons (Fsp3) is 0.727. The summed E-state index contributed by atoms with van der Waals surface area (Å²) in [6.45, 7) is 5.60. The Morgan fingerprint density at radius 2 is 2.26 bits per heavy atom. The van der Waals surface area contributed by atoms with Crippen molar-refractivity contribution in [3.63, 3.8) is 0 Å². The van der Waals surface area contributed by atoms with E-state index in [1.165, 1.54) is 11.8 Å². The molecule has 108 valence electrons. The van der Waals surface area contributed by atoms with Gasteiger partial charge in [0.2, 0.25) is 5.91 Å². The molecule has 19 heavy (non-hydrogen) atoms. The molecule has 1 rings (SSSR count). The second kappa shape index (κ2) is 6.25. The minimum absolute atomic E-state index is 0.0422. The average molecular weight is 287 g/mol. The SMILES string of the molecule is CNC(C)(CCSc1n[nH]c(=O)n1C(C)C)C(N)=O. The number of primary amides is 1. The van der Waals surface area contributed by atoms with Crippen LogP contribution >= 0.6 is 11.8 Å². The molecule has 0 spiro atoms. The molecule has 7 nitrogen and oxygen atoms in total. The zero-order valence-electron chi connectivity index (χ0n) is 11.7. The third kappa shape index (κ3) is 3.60.